The van der Waals surface area contributed by atoms with Crippen molar-refractivity contribution < 1.29 is 4.79 Å². The summed E-state index contributed by atoms with van der Waals surface area (Å²) in [5.41, 5.74) is 5.35. The number of pyridine rings is 1. The van der Waals surface area contributed by atoms with E-state index in [0.29, 0.717) is 23.0 Å². The van der Waals surface area contributed by atoms with Crippen molar-refractivity contribution in [2.24, 2.45) is 0 Å². The summed E-state index contributed by atoms with van der Waals surface area (Å²) in [5, 5.41) is 9.46. The maximum absolute atomic E-state index is 12.7. The lowest BCUT2D eigenvalue weighted by molar-refractivity contribution is 0.102. The zero-order valence-electron chi connectivity index (χ0n) is 19.1. The third-order valence-electron chi connectivity index (χ3n) is 5.06. The van der Waals surface area contributed by atoms with Crippen molar-refractivity contribution >= 4 is 34.7 Å². The van der Waals surface area contributed by atoms with Gasteiger partial charge in [-0.15, -0.1) is 0 Å². The van der Waals surface area contributed by atoms with Crippen molar-refractivity contribution in [3.05, 3.63) is 94.9 Å². The topological polar surface area (TPSA) is 91.8 Å². The molecule has 4 rings (SSSR count). The molecule has 0 fully saturated rings. The van der Waals surface area contributed by atoms with E-state index in [1.807, 2.05) is 88.4 Å². The van der Waals surface area contributed by atoms with Gasteiger partial charge in [0.1, 0.15) is 23.3 Å². The minimum absolute atomic E-state index is 0.121. The molecular weight excluding hydrogens is 412 g/mol. The number of rotatable bonds is 6. The number of hydrogen-bond acceptors (Lipinski definition) is 6. The van der Waals surface area contributed by atoms with Gasteiger partial charge in [-0.25, -0.2) is 15.0 Å². The van der Waals surface area contributed by atoms with Gasteiger partial charge in [0, 0.05) is 29.2 Å². The summed E-state index contributed by atoms with van der Waals surface area (Å²) in [6.07, 6.45) is 1.76. The molecule has 1 amide bonds. The lowest BCUT2D eigenvalue weighted by atomic mass is 10.1. The Balaban J connectivity index is 1.45. The minimum Gasteiger partial charge on any atom is -0.340 e. The second-order valence-corrected chi connectivity index (χ2v) is 8.00. The van der Waals surface area contributed by atoms with Crippen molar-refractivity contribution in [1.82, 2.24) is 15.0 Å². The summed E-state index contributed by atoms with van der Waals surface area (Å²) in [7, 11) is 0. The van der Waals surface area contributed by atoms with E-state index in [1.54, 1.807) is 6.20 Å². The monoisotopic (exact) mass is 438 g/mol. The van der Waals surface area contributed by atoms with Gasteiger partial charge in [0.15, 0.2) is 0 Å². The Morgan fingerprint density at radius 1 is 0.697 bits per heavy atom. The van der Waals surface area contributed by atoms with Crippen molar-refractivity contribution in [3.63, 3.8) is 0 Å². The number of nitrogens with zero attached hydrogens (tertiary/aromatic N) is 3. The van der Waals surface area contributed by atoms with E-state index in [9.17, 15) is 4.79 Å². The van der Waals surface area contributed by atoms with E-state index < -0.39 is 0 Å². The van der Waals surface area contributed by atoms with Crippen LogP contribution < -0.4 is 16.0 Å². The van der Waals surface area contributed by atoms with Crippen LogP contribution in [0.2, 0.25) is 0 Å². The molecule has 0 aliphatic heterocycles. The van der Waals surface area contributed by atoms with Crippen molar-refractivity contribution in [1.29, 1.82) is 0 Å². The van der Waals surface area contributed by atoms with E-state index in [4.69, 9.17) is 0 Å². The second-order valence-electron chi connectivity index (χ2n) is 8.00. The van der Waals surface area contributed by atoms with Crippen molar-refractivity contribution in [2.45, 2.75) is 27.7 Å². The highest BCUT2D eigenvalue weighted by Crippen LogP contribution is 2.22. The average molecular weight is 439 g/mol. The van der Waals surface area contributed by atoms with Gasteiger partial charge in [-0.1, -0.05) is 17.7 Å². The van der Waals surface area contributed by atoms with Crippen LogP contribution in [0.25, 0.3) is 0 Å². The fourth-order valence-corrected chi connectivity index (χ4v) is 3.40. The van der Waals surface area contributed by atoms with Crippen LogP contribution in [0.1, 0.15) is 32.9 Å². The van der Waals surface area contributed by atoms with Crippen LogP contribution in [0.3, 0.4) is 0 Å². The lowest BCUT2D eigenvalue weighted by Crippen LogP contribution is -2.13. The number of carbonyl (C=O) groups excluding carboxylic acids is 1. The molecule has 0 bridgehead atoms. The van der Waals surface area contributed by atoms with Crippen LogP contribution in [0.15, 0.2) is 66.9 Å². The molecule has 0 saturated carbocycles. The molecule has 0 aliphatic rings. The van der Waals surface area contributed by atoms with Gasteiger partial charge in [0.05, 0.1) is 0 Å². The van der Waals surface area contributed by atoms with Gasteiger partial charge in [-0.05, 0) is 81.3 Å². The van der Waals surface area contributed by atoms with Crippen LogP contribution in [-0.4, -0.2) is 20.9 Å². The molecule has 2 heterocycles. The quantitative estimate of drug-likeness (QED) is 0.350. The fraction of sp³-hybridized carbons (Fsp3) is 0.154. The number of hydrogen-bond donors (Lipinski definition) is 3. The molecule has 7 heteroatoms. The first-order chi connectivity index (χ1) is 15.9. The van der Waals surface area contributed by atoms with E-state index in [1.165, 1.54) is 0 Å². The highest BCUT2D eigenvalue weighted by molar-refractivity contribution is 6.05. The summed E-state index contributed by atoms with van der Waals surface area (Å²) in [6, 6.07) is 19.1. The van der Waals surface area contributed by atoms with Gasteiger partial charge in [-0.3, -0.25) is 4.79 Å². The molecule has 0 aliphatic carbocycles. The highest BCUT2D eigenvalue weighted by atomic mass is 16.1. The molecule has 0 radical (unpaired) electrons. The number of amides is 1. The molecule has 7 nitrogen and oxygen atoms in total. The number of aryl methyl sites for hydroxylation is 4. The first-order valence-corrected chi connectivity index (χ1v) is 10.7. The Bertz CT molecular complexity index is 1300. The number of carbonyl (C=O) groups is 1. The molecule has 0 spiro atoms. The summed E-state index contributed by atoms with van der Waals surface area (Å²) in [5.74, 6) is 2.55. The Labute approximate surface area is 193 Å². The number of aromatic nitrogens is 3. The summed E-state index contributed by atoms with van der Waals surface area (Å²) >= 11 is 0. The predicted molar refractivity (Wildman–Crippen MR) is 133 cm³/mol. The van der Waals surface area contributed by atoms with E-state index in [0.717, 1.165) is 33.9 Å². The Morgan fingerprint density at radius 3 is 2.09 bits per heavy atom. The maximum atomic E-state index is 12.7. The molecule has 3 N–H and O–H groups in total. The Kier molecular flexibility index (Phi) is 6.31. The third-order valence-corrected chi connectivity index (χ3v) is 5.06. The Hall–Kier alpha value is -4.26. The Morgan fingerprint density at radius 2 is 1.36 bits per heavy atom. The van der Waals surface area contributed by atoms with Gasteiger partial charge in [0.2, 0.25) is 0 Å². The largest absolute Gasteiger partial charge is 0.340 e. The van der Waals surface area contributed by atoms with Crippen LogP contribution >= 0.6 is 0 Å². The standard InChI is InChI=1S/C26H26N6O/c1-16-5-6-18(3)22(13-16)26(33)31-21-9-7-20(8-10-21)30-24-15-25(29-19(4)28-24)32-23-14-17(2)11-12-27-23/h5-15H,1-4H3,(H,31,33)(H2,27,28,29,30,32). The zero-order chi connectivity index (χ0) is 23.4. The van der Waals surface area contributed by atoms with Gasteiger partial charge >= 0.3 is 0 Å². The second kappa shape index (κ2) is 9.48. The number of benzene rings is 2. The third kappa shape index (κ3) is 5.71. The average Bonchev–Trinajstić information content (AvgIpc) is 2.76. The maximum Gasteiger partial charge on any atom is 0.255 e. The minimum atomic E-state index is -0.121. The normalized spacial score (nSPS) is 10.5. The van der Waals surface area contributed by atoms with E-state index in [2.05, 4.69) is 30.9 Å². The molecule has 2 aromatic heterocycles. The highest BCUT2D eigenvalue weighted by Gasteiger charge is 2.10. The van der Waals surface area contributed by atoms with Crippen LogP contribution in [-0.2, 0) is 0 Å². The lowest BCUT2D eigenvalue weighted by Gasteiger charge is -2.12. The summed E-state index contributed by atoms with van der Waals surface area (Å²) in [6.45, 7) is 7.76. The molecule has 0 saturated heterocycles. The molecule has 0 unspecified atom stereocenters. The molecule has 33 heavy (non-hydrogen) atoms. The first-order valence-electron chi connectivity index (χ1n) is 10.7. The molecule has 2 aromatic carbocycles. The van der Waals surface area contributed by atoms with Gasteiger partial charge in [0.25, 0.3) is 5.91 Å². The van der Waals surface area contributed by atoms with Gasteiger partial charge in [-0.2, -0.15) is 0 Å². The van der Waals surface area contributed by atoms with Gasteiger partial charge < -0.3 is 16.0 Å². The smallest absolute Gasteiger partial charge is 0.255 e. The SMILES string of the molecule is Cc1ccnc(Nc2cc(Nc3ccc(NC(=O)c4cc(C)ccc4C)cc3)nc(C)n2)c1. The molecule has 4 aromatic rings. The predicted octanol–water partition coefficient (Wildman–Crippen LogP) is 5.84. The number of anilines is 5. The summed E-state index contributed by atoms with van der Waals surface area (Å²) < 4.78 is 0. The summed E-state index contributed by atoms with van der Waals surface area (Å²) in [4.78, 5) is 25.9. The fourth-order valence-electron chi connectivity index (χ4n) is 3.40. The van der Waals surface area contributed by atoms with E-state index >= 15 is 0 Å². The van der Waals surface area contributed by atoms with Crippen LogP contribution in [0.4, 0.5) is 28.8 Å². The zero-order valence-corrected chi connectivity index (χ0v) is 19.1. The van der Waals surface area contributed by atoms with Crippen LogP contribution in [0.5, 0.6) is 0 Å². The number of nitrogens with one attached hydrogen (secondary N) is 3. The van der Waals surface area contributed by atoms with Crippen LogP contribution in [0, 0.1) is 27.7 Å². The molecule has 0 atom stereocenters. The molecular formula is C26H26N6O. The van der Waals surface area contributed by atoms with E-state index in [-0.39, 0.29) is 5.91 Å². The van der Waals surface area contributed by atoms with Crippen molar-refractivity contribution in [3.8, 4) is 0 Å². The van der Waals surface area contributed by atoms with Crippen molar-refractivity contribution in [2.75, 3.05) is 16.0 Å². The first kappa shape index (κ1) is 22.0. The molecule has 166 valence electrons.